The topological polar surface area (TPSA) is 33.5 Å². The van der Waals surface area contributed by atoms with E-state index >= 15 is 0 Å². The van der Waals surface area contributed by atoms with Crippen LogP contribution in [-0.2, 0) is 17.9 Å². The van der Waals surface area contributed by atoms with E-state index in [4.69, 9.17) is 4.42 Å². The van der Waals surface area contributed by atoms with Crippen LogP contribution in [0.25, 0.3) is 0 Å². The third-order valence-corrected chi connectivity index (χ3v) is 4.67. The summed E-state index contributed by atoms with van der Waals surface area (Å²) in [5.41, 5.74) is 1.05. The van der Waals surface area contributed by atoms with E-state index in [1.54, 1.807) is 23.9 Å². The molecule has 2 aromatic heterocycles. The predicted molar refractivity (Wildman–Crippen MR) is 83.8 cm³/mol. The fraction of sp³-hybridized carbons (Fsp3) is 0.353. The number of thiophene rings is 1. The molecule has 0 bridgehead atoms. The molecule has 0 fully saturated rings. The zero-order valence-corrected chi connectivity index (χ0v) is 12.7. The van der Waals surface area contributed by atoms with E-state index in [1.807, 2.05) is 17.0 Å². The molecule has 21 heavy (non-hydrogen) atoms. The largest absolute Gasteiger partial charge is 0.472 e. The Balaban J connectivity index is 1.73. The highest BCUT2D eigenvalue weighted by Crippen LogP contribution is 2.24. The lowest BCUT2D eigenvalue weighted by Gasteiger charge is -2.27. The minimum Gasteiger partial charge on any atom is -0.472 e. The molecule has 1 aliphatic rings. The maximum atomic E-state index is 12.8. The molecule has 2 heterocycles. The number of rotatable bonds is 5. The van der Waals surface area contributed by atoms with Crippen LogP contribution in [0.3, 0.4) is 0 Å². The van der Waals surface area contributed by atoms with Gasteiger partial charge in [0.25, 0.3) is 0 Å². The second-order valence-electron chi connectivity index (χ2n) is 5.39. The smallest absolute Gasteiger partial charge is 0.226 e. The van der Waals surface area contributed by atoms with Gasteiger partial charge in [-0.3, -0.25) is 4.79 Å². The van der Waals surface area contributed by atoms with Crippen molar-refractivity contribution in [2.75, 3.05) is 0 Å². The van der Waals surface area contributed by atoms with E-state index in [2.05, 4.69) is 23.6 Å². The Kier molecular flexibility index (Phi) is 4.55. The summed E-state index contributed by atoms with van der Waals surface area (Å²) in [7, 11) is 0. The van der Waals surface area contributed by atoms with Crippen LogP contribution in [0.1, 0.15) is 29.7 Å². The molecule has 0 aliphatic heterocycles. The summed E-state index contributed by atoms with van der Waals surface area (Å²) in [6, 6.07) is 6.04. The van der Waals surface area contributed by atoms with Crippen LogP contribution in [0, 0.1) is 5.92 Å². The summed E-state index contributed by atoms with van der Waals surface area (Å²) in [5.74, 6) is 0.385. The monoisotopic (exact) mass is 301 g/mol. The fourth-order valence-corrected chi connectivity index (χ4v) is 3.40. The Morgan fingerprint density at radius 2 is 2.29 bits per heavy atom. The van der Waals surface area contributed by atoms with Crippen LogP contribution in [-0.4, -0.2) is 10.8 Å². The van der Waals surface area contributed by atoms with Gasteiger partial charge in [-0.05, 0) is 36.8 Å². The molecular formula is C17H19NO2S. The first-order chi connectivity index (χ1) is 10.3. The van der Waals surface area contributed by atoms with E-state index in [9.17, 15) is 4.79 Å². The number of hydrogen-bond acceptors (Lipinski definition) is 3. The molecule has 3 rings (SSSR count). The average molecular weight is 301 g/mol. The molecule has 3 nitrogen and oxygen atoms in total. The van der Waals surface area contributed by atoms with Crippen molar-refractivity contribution < 1.29 is 9.21 Å². The van der Waals surface area contributed by atoms with E-state index in [-0.39, 0.29) is 11.8 Å². The van der Waals surface area contributed by atoms with Crippen LogP contribution in [0.15, 0.2) is 52.7 Å². The number of allylic oxidation sites excluding steroid dienone is 2. The second kappa shape index (κ2) is 6.76. The lowest BCUT2D eigenvalue weighted by atomic mass is 9.93. The Morgan fingerprint density at radius 3 is 2.95 bits per heavy atom. The second-order valence-corrected chi connectivity index (χ2v) is 6.42. The number of carbonyl (C=O) groups is 1. The van der Waals surface area contributed by atoms with Crippen molar-refractivity contribution in [3.8, 4) is 0 Å². The first-order valence-corrected chi connectivity index (χ1v) is 8.18. The number of nitrogens with zero attached hydrogens (tertiary/aromatic N) is 1. The molecule has 0 spiro atoms. The summed E-state index contributed by atoms with van der Waals surface area (Å²) in [4.78, 5) is 16.0. The summed E-state index contributed by atoms with van der Waals surface area (Å²) in [5, 5.41) is 2.05. The molecule has 1 atom stereocenters. The highest BCUT2D eigenvalue weighted by molar-refractivity contribution is 7.09. The van der Waals surface area contributed by atoms with Crippen LogP contribution in [0.4, 0.5) is 0 Å². The van der Waals surface area contributed by atoms with Gasteiger partial charge in [-0.15, -0.1) is 11.3 Å². The van der Waals surface area contributed by atoms with Gasteiger partial charge in [0.2, 0.25) is 5.91 Å². The molecule has 1 aliphatic carbocycles. The van der Waals surface area contributed by atoms with Crippen molar-refractivity contribution in [2.45, 2.75) is 32.4 Å². The summed E-state index contributed by atoms with van der Waals surface area (Å²) in [6.07, 6.45) is 10.5. The Morgan fingerprint density at radius 1 is 1.33 bits per heavy atom. The lowest BCUT2D eigenvalue weighted by Crippen LogP contribution is -2.35. The molecule has 1 amide bonds. The lowest BCUT2D eigenvalue weighted by molar-refractivity contribution is -0.137. The zero-order valence-electron chi connectivity index (χ0n) is 11.9. The van der Waals surface area contributed by atoms with Crippen molar-refractivity contribution in [1.82, 2.24) is 4.90 Å². The Hall–Kier alpha value is -1.81. The van der Waals surface area contributed by atoms with Crippen molar-refractivity contribution >= 4 is 17.2 Å². The summed E-state index contributed by atoms with van der Waals surface area (Å²) in [6.45, 7) is 1.30. The first kappa shape index (κ1) is 14.1. The SMILES string of the molecule is O=C([C@@H]1CC=CCC1)N(Cc1ccoc1)Cc1cccs1. The molecule has 0 unspecified atom stereocenters. The Labute approximate surface area is 128 Å². The van der Waals surface area contributed by atoms with Crippen molar-refractivity contribution in [3.63, 3.8) is 0 Å². The molecule has 4 heteroatoms. The molecule has 2 aromatic rings. The van der Waals surface area contributed by atoms with Crippen LogP contribution >= 0.6 is 11.3 Å². The fourth-order valence-electron chi connectivity index (χ4n) is 2.68. The maximum Gasteiger partial charge on any atom is 0.226 e. The van der Waals surface area contributed by atoms with E-state index < -0.39 is 0 Å². The van der Waals surface area contributed by atoms with Crippen LogP contribution < -0.4 is 0 Å². The number of amides is 1. The van der Waals surface area contributed by atoms with Gasteiger partial charge >= 0.3 is 0 Å². The molecule has 0 saturated carbocycles. The van der Waals surface area contributed by atoms with Crippen molar-refractivity contribution in [1.29, 1.82) is 0 Å². The average Bonchev–Trinajstić information content (AvgIpc) is 3.20. The standard InChI is InChI=1S/C17H19NO2S/c19-17(15-5-2-1-3-6-15)18(11-14-8-9-20-13-14)12-16-7-4-10-21-16/h1-2,4,7-10,13,15H,3,5-6,11-12H2/t15-/m1/s1. The maximum absolute atomic E-state index is 12.8. The van der Waals surface area contributed by atoms with Gasteiger partial charge in [0.05, 0.1) is 19.1 Å². The first-order valence-electron chi connectivity index (χ1n) is 7.30. The number of carbonyl (C=O) groups excluding carboxylic acids is 1. The van der Waals surface area contributed by atoms with Gasteiger partial charge in [0.1, 0.15) is 0 Å². The van der Waals surface area contributed by atoms with E-state index in [1.165, 1.54) is 4.88 Å². The van der Waals surface area contributed by atoms with Gasteiger partial charge < -0.3 is 9.32 Å². The highest BCUT2D eigenvalue weighted by atomic mass is 32.1. The summed E-state index contributed by atoms with van der Waals surface area (Å²) < 4.78 is 5.13. The molecule has 110 valence electrons. The summed E-state index contributed by atoms with van der Waals surface area (Å²) >= 11 is 1.70. The number of furan rings is 1. The normalized spacial score (nSPS) is 17.8. The molecule has 0 N–H and O–H groups in total. The minimum atomic E-state index is 0.127. The zero-order chi connectivity index (χ0) is 14.5. The quantitative estimate of drug-likeness (QED) is 0.774. The number of hydrogen-bond donors (Lipinski definition) is 0. The molecule has 0 aromatic carbocycles. The molecule has 0 saturated heterocycles. The van der Waals surface area contributed by atoms with Gasteiger partial charge in [0.15, 0.2) is 0 Å². The van der Waals surface area contributed by atoms with Gasteiger partial charge in [-0.25, -0.2) is 0 Å². The molecule has 0 radical (unpaired) electrons. The third-order valence-electron chi connectivity index (χ3n) is 3.81. The van der Waals surface area contributed by atoms with Gasteiger partial charge in [0, 0.05) is 22.9 Å². The van der Waals surface area contributed by atoms with Crippen LogP contribution in [0.5, 0.6) is 0 Å². The van der Waals surface area contributed by atoms with Crippen molar-refractivity contribution in [3.05, 3.63) is 58.7 Å². The highest BCUT2D eigenvalue weighted by Gasteiger charge is 2.25. The minimum absolute atomic E-state index is 0.127. The van der Waals surface area contributed by atoms with E-state index in [0.717, 1.165) is 24.8 Å². The van der Waals surface area contributed by atoms with Gasteiger partial charge in [-0.1, -0.05) is 18.2 Å². The Bertz CT molecular complexity index is 550. The van der Waals surface area contributed by atoms with E-state index in [0.29, 0.717) is 13.1 Å². The van der Waals surface area contributed by atoms with Gasteiger partial charge in [-0.2, -0.15) is 0 Å². The molecular weight excluding hydrogens is 282 g/mol. The van der Waals surface area contributed by atoms with Crippen LogP contribution in [0.2, 0.25) is 0 Å². The predicted octanol–water partition coefficient (Wildman–Crippen LogP) is 4.23. The third kappa shape index (κ3) is 3.64. The van der Waals surface area contributed by atoms with Crippen molar-refractivity contribution in [2.24, 2.45) is 5.92 Å².